The highest BCUT2D eigenvalue weighted by Crippen LogP contribution is 2.33. The number of hydrogen-bond donors (Lipinski definition) is 3. The number of rotatable bonds is 2. The number of benzene rings is 1. The Balaban J connectivity index is 2.09. The summed E-state index contributed by atoms with van der Waals surface area (Å²) in [5.74, 6) is 0.691. The van der Waals surface area contributed by atoms with Crippen LogP contribution in [0.4, 0.5) is 17.3 Å². The molecule has 3 aromatic rings. The van der Waals surface area contributed by atoms with Crippen molar-refractivity contribution >= 4 is 40.0 Å². The highest BCUT2D eigenvalue weighted by Gasteiger charge is 2.08. The molecule has 0 bridgehead atoms. The molecular weight excluding hydrogens is 272 g/mol. The molecule has 0 radical (unpaired) electrons. The summed E-state index contributed by atoms with van der Waals surface area (Å²) in [6, 6.07) is 9.06. The number of hydrogen-bond acceptors (Lipinski definition) is 7. The van der Waals surface area contributed by atoms with Gasteiger partial charge >= 0.3 is 0 Å². The number of nitrogen functional groups attached to an aromatic ring is 3. The molecule has 0 aliphatic rings. The number of nitrogens with zero attached hydrogens (tertiary/aromatic N) is 3. The maximum absolute atomic E-state index is 5.92. The Kier molecular flexibility index (Phi) is 3.03. The van der Waals surface area contributed by atoms with Crippen LogP contribution < -0.4 is 17.2 Å². The van der Waals surface area contributed by atoms with E-state index in [1.807, 2.05) is 24.3 Å². The zero-order valence-corrected chi connectivity index (χ0v) is 11.3. The Bertz CT molecular complexity index is 769. The maximum atomic E-state index is 5.92. The number of para-hydroxylation sites is 1. The molecule has 7 heteroatoms. The lowest BCUT2D eigenvalue weighted by molar-refractivity contribution is 0.985. The lowest BCUT2D eigenvalue weighted by atomic mass is 10.2. The Hall–Kier alpha value is -2.54. The molecule has 0 spiro atoms. The van der Waals surface area contributed by atoms with Crippen molar-refractivity contribution in [2.75, 3.05) is 17.2 Å². The second-order valence-electron chi connectivity index (χ2n) is 4.15. The van der Waals surface area contributed by atoms with Crippen LogP contribution in [0, 0.1) is 0 Å². The van der Waals surface area contributed by atoms with Gasteiger partial charge in [-0.25, -0.2) is 9.97 Å². The van der Waals surface area contributed by atoms with Crippen LogP contribution in [-0.4, -0.2) is 15.0 Å². The summed E-state index contributed by atoms with van der Waals surface area (Å²) in [6.07, 6.45) is 1.71. The highest BCUT2D eigenvalue weighted by atomic mass is 32.2. The van der Waals surface area contributed by atoms with E-state index in [9.17, 15) is 0 Å². The van der Waals surface area contributed by atoms with Crippen molar-refractivity contribution < 1.29 is 0 Å². The van der Waals surface area contributed by atoms with Crippen molar-refractivity contribution in [3.05, 3.63) is 36.5 Å². The largest absolute Gasteiger partial charge is 0.397 e. The first-order chi connectivity index (χ1) is 9.63. The molecule has 100 valence electrons. The van der Waals surface area contributed by atoms with Gasteiger partial charge in [-0.05, 0) is 23.9 Å². The van der Waals surface area contributed by atoms with E-state index in [1.165, 1.54) is 17.8 Å². The van der Waals surface area contributed by atoms with Crippen LogP contribution in [0.1, 0.15) is 0 Å². The van der Waals surface area contributed by atoms with Crippen molar-refractivity contribution in [2.45, 2.75) is 10.1 Å². The van der Waals surface area contributed by atoms with Gasteiger partial charge in [-0.15, -0.1) is 0 Å². The number of nitrogens with two attached hydrogens (primary N) is 3. The van der Waals surface area contributed by atoms with Gasteiger partial charge < -0.3 is 17.2 Å². The summed E-state index contributed by atoms with van der Waals surface area (Å²) < 4.78 is 0. The first-order valence-electron chi connectivity index (χ1n) is 5.84. The molecule has 2 heterocycles. The Morgan fingerprint density at radius 3 is 2.45 bits per heavy atom. The van der Waals surface area contributed by atoms with Gasteiger partial charge in [-0.3, -0.25) is 4.98 Å². The molecule has 0 atom stereocenters. The van der Waals surface area contributed by atoms with Gasteiger partial charge in [-0.2, -0.15) is 0 Å². The summed E-state index contributed by atoms with van der Waals surface area (Å²) in [5.41, 5.74) is 18.7. The van der Waals surface area contributed by atoms with Gasteiger partial charge in [0.1, 0.15) is 11.6 Å². The minimum absolute atomic E-state index is 0.345. The fraction of sp³-hybridized carbons (Fsp3) is 0. The van der Waals surface area contributed by atoms with Crippen LogP contribution in [0.5, 0.6) is 0 Å². The summed E-state index contributed by atoms with van der Waals surface area (Å²) in [7, 11) is 0. The van der Waals surface area contributed by atoms with E-state index in [4.69, 9.17) is 17.2 Å². The average Bonchev–Trinajstić information content (AvgIpc) is 2.39. The minimum atomic E-state index is 0.345. The molecule has 3 rings (SSSR count). The fourth-order valence-corrected chi connectivity index (χ4v) is 2.77. The van der Waals surface area contributed by atoms with E-state index < -0.39 is 0 Å². The predicted octanol–water partition coefficient (Wildman–Crippen LogP) is 1.92. The Morgan fingerprint density at radius 1 is 0.950 bits per heavy atom. The van der Waals surface area contributed by atoms with Crippen molar-refractivity contribution in [3.8, 4) is 0 Å². The lowest BCUT2D eigenvalue weighted by Gasteiger charge is -2.07. The van der Waals surface area contributed by atoms with E-state index in [-0.39, 0.29) is 0 Å². The molecule has 1 aromatic carbocycles. The van der Waals surface area contributed by atoms with E-state index in [1.54, 1.807) is 6.20 Å². The second-order valence-corrected chi connectivity index (χ2v) is 5.16. The molecule has 20 heavy (non-hydrogen) atoms. The molecule has 6 nitrogen and oxygen atoms in total. The van der Waals surface area contributed by atoms with Crippen LogP contribution in [0.15, 0.2) is 46.6 Å². The van der Waals surface area contributed by atoms with E-state index in [0.29, 0.717) is 22.5 Å². The van der Waals surface area contributed by atoms with Crippen molar-refractivity contribution in [3.63, 3.8) is 0 Å². The summed E-state index contributed by atoms with van der Waals surface area (Å²) in [6.45, 7) is 0. The minimum Gasteiger partial charge on any atom is -0.397 e. The molecular formula is C13H12N6S. The Labute approximate surface area is 119 Å². The zero-order valence-electron chi connectivity index (χ0n) is 10.4. The summed E-state index contributed by atoms with van der Waals surface area (Å²) >= 11 is 1.38. The van der Waals surface area contributed by atoms with Crippen molar-refractivity contribution in [1.29, 1.82) is 0 Å². The molecule has 0 amide bonds. The third-order valence-electron chi connectivity index (χ3n) is 2.71. The van der Waals surface area contributed by atoms with Crippen LogP contribution in [0.2, 0.25) is 0 Å². The van der Waals surface area contributed by atoms with Gasteiger partial charge in [0.15, 0.2) is 5.16 Å². The summed E-state index contributed by atoms with van der Waals surface area (Å²) in [4.78, 5) is 13.6. The standard InChI is InChI=1S/C13H12N6S/c14-8-3-1-2-7-9(4-5-17-12(7)8)20-13-18-10(15)6-11(16)19-13/h1-6H,14H2,(H4,15,16,18,19). The fourth-order valence-electron chi connectivity index (χ4n) is 1.87. The van der Waals surface area contributed by atoms with E-state index in [2.05, 4.69) is 15.0 Å². The number of aromatic nitrogens is 3. The molecule has 6 N–H and O–H groups in total. The quantitative estimate of drug-likeness (QED) is 0.486. The van der Waals surface area contributed by atoms with Crippen LogP contribution >= 0.6 is 11.8 Å². The summed E-state index contributed by atoms with van der Waals surface area (Å²) in [5, 5.41) is 1.44. The van der Waals surface area contributed by atoms with Gasteiger partial charge in [0.2, 0.25) is 0 Å². The predicted molar refractivity (Wildman–Crippen MR) is 81.1 cm³/mol. The topological polar surface area (TPSA) is 117 Å². The third kappa shape index (κ3) is 2.30. The Morgan fingerprint density at radius 2 is 1.70 bits per heavy atom. The number of anilines is 3. The van der Waals surface area contributed by atoms with Gasteiger partial charge in [0.25, 0.3) is 0 Å². The SMILES string of the molecule is Nc1cc(N)nc(Sc2ccnc3c(N)cccc23)n1. The van der Waals surface area contributed by atoms with Gasteiger partial charge in [-0.1, -0.05) is 12.1 Å². The number of fused-ring (bicyclic) bond motifs is 1. The molecule has 0 fully saturated rings. The van der Waals surface area contributed by atoms with Gasteiger partial charge in [0.05, 0.1) is 11.2 Å². The molecule has 0 aliphatic carbocycles. The van der Waals surface area contributed by atoms with Crippen molar-refractivity contribution in [1.82, 2.24) is 15.0 Å². The third-order valence-corrected chi connectivity index (χ3v) is 3.65. The second kappa shape index (κ2) is 4.86. The maximum Gasteiger partial charge on any atom is 0.196 e. The first-order valence-corrected chi connectivity index (χ1v) is 6.66. The molecule has 0 aliphatic heterocycles. The van der Waals surface area contributed by atoms with Crippen LogP contribution in [0.3, 0.4) is 0 Å². The monoisotopic (exact) mass is 284 g/mol. The van der Waals surface area contributed by atoms with Crippen molar-refractivity contribution in [2.24, 2.45) is 0 Å². The molecule has 0 unspecified atom stereocenters. The number of pyridine rings is 1. The zero-order chi connectivity index (χ0) is 14.1. The molecule has 0 saturated carbocycles. The van der Waals surface area contributed by atoms with Crippen LogP contribution in [-0.2, 0) is 0 Å². The lowest BCUT2D eigenvalue weighted by Crippen LogP contribution is -1.99. The van der Waals surface area contributed by atoms with E-state index in [0.717, 1.165) is 15.8 Å². The first kappa shape index (κ1) is 12.5. The molecule has 0 saturated heterocycles. The normalized spacial score (nSPS) is 10.8. The highest BCUT2D eigenvalue weighted by molar-refractivity contribution is 7.99. The van der Waals surface area contributed by atoms with E-state index >= 15 is 0 Å². The van der Waals surface area contributed by atoms with Gasteiger partial charge in [0, 0.05) is 22.5 Å². The molecule has 2 aromatic heterocycles. The van der Waals surface area contributed by atoms with Crippen LogP contribution in [0.25, 0.3) is 10.9 Å². The average molecular weight is 284 g/mol. The smallest absolute Gasteiger partial charge is 0.196 e.